The van der Waals surface area contributed by atoms with Crippen LogP contribution in [0.5, 0.6) is 5.75 Å². The molecular weight excluding hydrogens is 470 g/mol. The molecule has 0 spiro atoms. The Morgan fingerprint density at radius 3 is 2.26 bits per heavy atom. The molecule has 34 heavy (non-hydrogen) atoms. The first kappa shape index (κ1) is 28.4. The first-order valence-corrected chi connectivity index (χ1v) is 12.3. The van der Waals surface area contributed by atoms with E-state index in [1.54, 1.807) is 59.1 Å². The molecule has 2 rings (SSSR count). The van der Waals surface area contributed by atoms with Crippen LogP contribution in [0.2, 0.25) is 0 Å². The summed E-state index contributed by atoms with van der Waals surface area (Å²) in [4.78, 5) is 12.3. The third kappa shape index (κ3) is 8.15. The molecule has 0 bridgehead atoms. The Morgan fingerprint density at radius 2 is 1.76 bits per heavy atom. The highest BCUT2D eigenvalue weighted by atomic mass is 32.2. The van der Waals surface area contributed by atoms with Crippen LogP contribution in [0.3, 0.4) is 0 Å². The van der Waals surface area contributed by atoms with Crippen molar-refractivity contribution in [2.45, 2.75) is 64.9 Å². The van der Waals surface area contributed by atoms with E-state index in [9.17, 15) is 17.8 Å². The van der Waals surface area contributed by atoms with Crippen LogP contribution in [0.4, 0.5) is 0 Å². The van der Waals surface area contributed by atoms with Gasteiger partial charge in [-0.15, -0.1) is 0 Å². The number of hydrogen-bond acceptors (Lipinski definition) is 9. The fourth-order valence-corrected chi connectivity index (χ4v) is 4.03. The van der Waals surface area contributed by atoms with Crippen molar-refractivity contribution in [3.05, 3.63) is 29.8 Å². The highest BCUT2D eigenvalue weighted by Crippen LogP contribution is 2.29. The van der Waals surface area contributed by atoms with E-state index in [4.69, 9.17) is 28.4 Å². The summed E-state index contributed by atoms with van der Waals surface area (Å²) in [5, 5.41) is 0. The molecule has 0 unspecified atom stereocenters. The lowest BCUT2D eigenvalue weighted by molar-refractivity contribution is -0.287. The quantitative estimate of drug-likeness (QED) is 0.337. The van der Waals surface area contributed by atoms with Crippen molar-refractivity contribution in [1.82, 2.24) is 4.72 Å². The van der Waals surface area contributed by atoms with Gasteiger partial charge in [0.2, 0.25) is 0 Å². The van der Waals surface area contributed by atoms with Crippen molar-refractivity contribution in [3.63, 3.8) is 0 Å². The number of hydrogen-bond donors (Lipinski definition) is 2. The number of carbonyl (C=O) groups is 1. The van der Waals surface area contributed by atoms with E-state index < -0.39 is 52.3 Å². The van der Waals surface area contributed by atoms with Crippen LogP contribution in [-0.2, 0) is 45.4 Å². The minimum atomic E-state index is -4.65. The van der Waals surface area contributed by atoms with Gasteiger partial charge in [0, 0.05) is 13.7 Å². The second kappa shape index (κ2) is 12.2. The van der Waals surface area contributed by atoms with Crippen molar-refractivity contribution < 1.29 is 46.2 Å². The third-order valence-corrected chi connectivity index (χ3v) is 5.69. The SMILES string of the molecule is CCO[C@@H]1[C@@H](OC)O[C@H](COC(=O)C(C)(C)C)[C@@H](OCc2ccc(OC)cc2)[C@H]1NS(=O)(=O)O. The molecule has 1 aliphatic rings. The van der Waals surface area contributed by atoms with Crippen LogP contribution in [0.25, 0.3) is 0 Å². The summed E-state index contributed by atoms with van der Waals surface area (Å²) in [5.74, 6) is 0.201. The molecule has 1 aromatic carbocycles. The number of benzene rings is 1. The van der Waals surface area contributed by atoms with E-state index in [1.807, 2.05) is 0 Å². The van der Waals surface area contributed by atoms with E-state index in [0.717, 1.165) is 5.56 Å². The molecule has 5 atom stereocenters. The Balaban J connectivity index is 2.34. The Kier molecular flexibility index (Phi) is 10.2. The van der Waals surface area contributed by atoms with Gasteiger partial charge < -0.3 is 28.4 Å². The number of carbonyl (C=O) groups excluding carboxylic acids is 1. The van der Waals surface area contributed by atoms with E-state index in [0.29, 0.717) is 5.75 Å². The second-order valence-corrected chi connectivity index (χ2v) is 9.98. The topological polar surface area (TPSA) is 139 Å². The van der Waals surface area contributed by atoms with E-state index in [2.05, 4.69) is 4.72 Å². The summed E-state index contributed by atoms with van der Waals surface area (Å²) >= 11 is 0. The van der Waals surface area contributed by atoms with Gasteiger partial charge >= 0.3 is 16.3 Å². The van der Waals surface area contributed by atoms with Crippen molar-refractivity contribution in [2.75, 3.05) is 27.4 Å². The molecule has 0 aromatic heterocycles. The van der Waals surface area contributed by atoms with Gasteiger partial charge in [-0.1, -0.05) is 12.1 Å². The summed E-state index contributed by atoms with van der Waals surface area (Å²) in [6.07, 6.45) is -3.89. The summed E-state index contributed by atoms with van der Waals surface area (Å²) in [6.45, 7) is 6.91. The average Bonchev–Trinajstić information content (AvgIpc) is 2.76. The summed E-state index contributed by atoms with van der Waals surface area (Å²) in [7, 11) is -1.73. The Morgan fingerprint density at radius 1 is 1.12 bits per heavy atom. The largest absolute Gasteiger partial charge is 0.497 e. The molecule has 2 N–H and O–H groups in total. The molecule has 1 aliphatic heterocycles. The molecule has 1 aromatic rings. The number of rotatable bonds is 11. The van der Waals surface area contributed by atoms with Crippen LogP contribution in [0, 0.1) is 5.41 Å². The van der Waals surface area contributed by atoms with E-state index in [-0.39, 0.29) is 19.8 Å². The van der Waals surface area contributed by atoms with Gasteiger partial charge in [0.25, 0.3) is 0 Å². The number of esters is 1. The van der Waals surface area contributed by atoms with Gasteiger partial charge in [0.1, 0.15) is 30.7 Å². The maximum absolute atomic E-state index is 12.3. The van der Waals surface area contributed by atoms with Gasteiger partial charge in [-0.2, -0.15) is 13.1 Å². The van der Waals surface area contributed by atoms with Crippen molar-refractivity contribution in [2.24, 2.45) is 5.41 Å². The van der Waals surface area contributed by atoms with Crippen LogP contribution in [0.1, 0.15) is 33.3 Å². The average molecular weight is 506 g/mol. The molecule has 1 saturated heterocycles. The molecule has 0 radical (unpaired) electrons. The van der Waals surface area contributed by atoms with E-state index >= 15 is 0 Å². The predicted octanol–water partition coefficient (Wildman–Crippen LogP) is 1.71. The fourth-order valence-electron chi connectivity index (χ4n) is 3.42. The number of methoxy groups -OCH3 is 2. The van der Waals surface area contributed by atoms with Crippen LogP contribution >= 0.6 is 0 Å². The molecular formula is C22H35NO10S. The number of nitrogens with one attached hydrogen (secondary N) is 1. The molecule has 1 fully saturated rings. The van der Waals surface area contributed by atoms with Crippen molar-refractivity contribution in [3.8, 4) is 5.75 Å². The van der Waals surface area contributed by atoms with Crippen LogP contribution < -0.4 is 9.46 Å². The van der Waals surface area contributed by atoms with Gasteiger partial charge in [-0.05, 0) is 45.4 Å². The standard InChI is InChI=1S/C22H35NO10S/c1-7-30-19-17(23-34(25,26)27)18(31-12-14-8-10-15(28-5)11-9-14)16(33-20(19)29-6)13-32-21(24)22(2,3)4/h8-11,16-20,23H,7,12-13H2,1-6H3,(H,25,26,27)/t16-,17-,18-,19+,20+/m1/s1. The minimum Gasteiger partial charge on any atom is -0.497 e. The zero-order chi connectivity index (χ0) is 25.5. The zero-order valence-electron chi connectivity index (χ0n) is 20.3. The molecule has 0 amide bonds. The lowest BCUT2D eigenvalue weighted by atomic mass is 9.95. The first-order chi connectivity index (χ1) is 15.9. The summed E-state index contributed by atoms with van der Waals surface area (Å²) < 4.78 is 69.0. The number of ether oxygens (including phenoxy) is 6. The fraction of sp³-hybridized carbons (Fsp3) is 0.682. The lowest BCUT2D eigenvalue weighted by Gasteiger charge is -2.45. The molecule has 12 heteroatoms. The lowest BCUT2D eigenvalue weighted by Crippen LogP contribution is -2.66. The van der Waals surface area contributed by atoms with E-state index in [1.165, 1.54) is 7.11 Å². The second-order valence-electron chi connectivity index (χ2n) is 8.79. The monoisotopic (exact) mass is 505 g/mol. The van der Waals surface area contributed by atoms with Crippen molar-refractivity contribution >= 4 is 16.3 Å². The molecule has 194 valence electrons. The molecule has 0 saturated carbocycles. The van der Waals surface area contributed by atoms with Crippen LogP contribution in [-0.4, -0.2) is 77.0 Å². The normalized spacial score (nSPS) is 25.7. The minimum absolute atomic E-state index is 0.0713. The van der Waals surface area contributed by atoms with Gasteiger partial charge in [0.05, 0.1) is 25.2 Å². The summed E-state index contributed by atoms with van der Waals surface area (Å²) in [6, 6.07) is 6.00. The Bertz CT molecular complexity index is 884. The maximum atomic E-state index is 12.3. The summed E-state index contributed by atoms with van der Waals surface area (Å²) in [5.41, 5.74) is 0.0213. The Labute approximate surface area is 200 Å². The van der Waals surface area contributed by atoms with Gasteiger partial charge in [0.15, 0.2) is 6.29 Å². The van der Waals surface area contributed by atoms with Gasteiger partial charge in [-0.25, -0.2) is 0 Å². The highest BCUT2D eigenvalue weighted by molar-refractivity contribution is 7.83. The maximum Gasteiger partial charge on any atom is 0.333 e. The van der Waals surface area contributed by atoms with Crippen molar-refractivity contribution in [1.29, 1.82) is 0 Å². The predicted molar refractivity (Wildman–Crippen MR) is 122 cm³/mol. The smallest absolute Gasteiger partial charge is 0.333 e. The molecule has 1 heterocycles. The van der Waals surface area contributed by atoms with Crippen LogP contribution in [0.15, 0.2) is 24.3 Å². The molecule has 0 aliphatic carbocycles. The van der Waals surface area contributed by atoms with Gasteiger partial charge in [-0.3, -0.25) is 9.35 Å². The molecule has 11 nitrogen and oxygen atoms in total. The third-order valence-electron chi connectivity index (χ3n) is 5.12. The highest BCUT2D eigenvalue weighted by Gasteiger charge is 2.49. The zero-order valence-corrected chi connectivity index (χ0v) is 21.2. The first-order valence-electron chi connectivity index (χ1n) is 10.9. The Hall–Kier alpha value is -1.80.